The van der Waals surface area contributed by atoms with Gasteiger partial charge in [0.25, 0.3) is 5.78 Å². The van der Waals surface area contributed by atoms with Crippen LogP contribution in [0.5, 0.6) is 0 Å². The quantitative estimate of drug-likeness (QED) is 0.611. The summed E-state index contributed by atoms with van der Waals surface area (Å²) in [5.74, 6) is -6.53. The van der Waals surface area contributed by atoms with Gasteiger partial charge in [0, 0.05) is 5.02 Å². The number of carbonyl (C=O) groups is 3. The van der Waals surface area contributed by atoms with E-state index in [1.807, 2.05) is 0 Å². The van der Waals surface area contributed by atoms with Crippen LogP contribution < -0.4 is 0 Å². The molecule has 0 aromatic heterocycles. The SMILES string of the molecule is O=C(O)C(=O)C(C(=O)O)c1ccccc1Cl. The number of carbonyl (C=O) groups excluding carboxylic acids is 1. The van der Waals surface area contributed by atoms with E-state index >= 15 is 0 Å². The number of ketones is 1. The lowest BCUT2D eigenvalue weighted by Gasteiger charge is -2.10. The first-order valence-electron chi connectivity index (χ1n) is 4.19. The topological polar surface area (TPSA) is 91.7 Å². The minimum Gasteiger partial charge on any atom is -0.480 e. The molecule has 1 atom stereocenters. The first-order valence-corrected chi connectivity index (χ1v) is 4.57. The van der Waals surface area contributed by atoms with Gasteiger partial charge >= 0.3 is 11.9 Å². The van der Waals surface area contributed by atoms with Crippen molar-refractivity contribution in [3.05, 3.63) is 34.9 Å². The predicted octanol–water partition coefficient (Wildman–Crippen LogP) is 1.16. The molecule has 0 fully saturated rings. The van der Waals surface area contributed by atoms with Gasteiger partial charge in [0.05, 0.1) is 0 Å². The number of hydrogen-bond donors (Lipinski definition) is 2. The number of carboxylic acid groups (broad SMARTS) is 2. The Balaban J connectivity index is 3.24. The minimum atomic E-state index is -1.80. The Bertz CT molecular complexity index is 454. The van der Waals surface area contributed by atoms with E-state index < -0.39 is 23.6 Å². The van der Waals surface area contributed by atoms with Crippen molar-refractivity contribution in [2.75, 3.05) is 0 Å². The summed E-state index contributed by atoms with van der Waals surface area (Å²) in [6.07, 6.45) is 0. The summed E-state index contributed by atoms with van der Waals surface area (Å²) >= 11 is 5.70. The fourth-order valence-corrected chi connectivity index (χ4v) is 1.46. The summed E-state index contributed by atoms with van der Waals surface area (Å²) in [6, 6.07) is 5.73. The molecule has 0 heterocycles. The first kappa shape index (κ1) is 12.2. The molecule has 0 amide bonds. The molecule has 84 valence electrons. The van der Waals surface area contributed by atoms with Crippen molar-refractivity contribution in [3.63, 3.8) is 0 Å². The normalized spacial score (nSPS) is 11.8. The Morgan fingerprint density at radius 2 is 1.69 bits per heavy atom. The van der Waals surface area contributed by atoms with E-state index in [9.17, 15) is 14.4 Å². The summed E-state index contributed by atoms with van der Waals surface area (Å²) in [5.41, 5.74) is -0.0240. The van der Waals surface area contributed by atoms with E-state index in [0.717, 1.165) is 0 Å². The van der Waals surface area contributed by atoms with Crippen molar-refractivity contribution >= 4 is 29.3 Å². The molecule has 5 nitrogen and oxygen atoms in total. The maximum atomic E-state index is 11.2. The van der Waals surface area contributed by atoms with E-state index in [2.05, 4.69) is 0 Å². The molecule has 0 saturated heterocycles. The molecule has 6 heteroatoms. The fraction of sp³-hybridized carbons (Fsp3) is 0.100. The number of aliphatic carboxylic acids is 2. The summed E-state index contributed by atoms with van der Waals surface area (Å²) in [5, 5.41) is 17.4. The van der Waals surface area contributed by atoms with Gasteiger partial charge in [-0.1, -0.05) is 29.8 Å². The molecule has 0 aliphatic carbocycles. The number of halogens is 1. The van der Waals surface area contributed by atoms with Crippen LogP contribution in [-0.4, -0.2) is 27.9 Å². The van der Waals surface area contributed by atoms with Gasteiger partial charge in [0.2, 0.25) is 0 Å². The molecule has 0 aliphatic heterocycles. The standard InChI is InChI=1S/C10H7ClO5/c11-6-4-2-1-3-5(6)7(9(13)14)8(12)10(15)16/h1-4,7H,(H,13,14)(H,15,16). The average Bonchev–Trinajstić information content (AvgIpc) is 2.20. The third kappa shape index (κ3) is 2.38. The maximum Gasteiger partial charge on any atom is 0.373 e. The molecule has 0 aliphatic rings. The smallest absolute Gasteiger partial charge is 0.373 e. The zero-order chi connectivity index (χ0) is 12.3. The number of carboxylic acids is 2. The van der Waals surface area contributed by atoms with E-state index in [0.29, 0.717) is 0 Å². The van der Waals surface area contributed by atoms with Gasteiger partial charge in [-0.05, 0) is 11.6 Å². The van der Waals surface area contributed by atoms with Crippen molar-refractivity contribution in [3.8, 4) is 0 Å². The second kappa shape index (κ2) is 4.76. The Labute approximate surface area is 95.3 Å². The zero-order valence-corrected chi connectivity index (χ0v) is 8.64. The van der Waals surface area contributed by atoms with Crippen molar-refractivity contribution in [1.29, 1.82) is 0 Å². The number of Topliss-reactive ketones (excluding diaryl/α,β-unsaturated/α-hetero) is 1. The minimum absolute atomic E-state index is 0.0240. The molecule has 16 heavy (non-hydrogen) atoms. The lowest BCUT2D eigenvalue weighted by atomic mass is 9.95. The van der Waals surface area contributed by atoms with Crippen LogP contribution in [0.1, 0.15) is 11.5 Å². The van der Waals surface area contributed by atoms with E-state index in [1.165, 1.54) is 18.2 Å². The molecule has 1 unspecified atom stereocenters. The zero-order valence-electron chi connectivity index (χ0n) is 7.88. The maximum absolute atomic E-state index is 11.2. The Hall–Kier alpha value is -1.88. The Morgan fingerprint density at radius 3 is 2.12 bits per heavy atom. The van der Waals surface area contributed by atoms with E-state index in [-0.39, 0.29) is 10.6 Å². The van der Waals surface area contributed by atoms with Crippen LogP contribution in [0.25, 0.3) is 0 Å². The fourth-order valence-electron chi connectivity index (χ4n) is 1.22. The first-order chi connectivity index (χ1) is 7.45. The molecule has 1 rings (SSSR count). The third-order valence-electron chi connectivity index (χ3n) is 1.94. The third-order valence-corrected chi connectivity index (χ3v) is 2.28. The van der Waals surface area contributed by atoms with Crippen LogP contribution in [0.4, 0.5) is 0 Å². The predicted molar refractivity (Wildman–Crippen MR) is 54.5 cm³/mol. The summed E-state index contributed by atoms with van der Waals surface area (Å²) in [6.45, 7) is 0. The van der Waals surface area contributed by atoms with Gasteiger partial charge in [-0.25, -0.2) is 4.79 Å². The van der Waals surface area contributed by atoms with E-state index in [4.69, 9.17) is 21.8 Å². The molecule has 2 N–H and O–H groups in total. The molecule has 0 saturated carbocycles. The summed E-state index contributed by atoms with van der Waals surface area (Å²) < 4.78 is 0. The lowest BCUT2D eigenvalue weighted by Crippen LogP contribution is -2.28. The van der Waals surface area contributed by atoms with E-state index in [1.54, 1.807) is 6.07 Å². The van der Waals surface area contributed by atoms with Gasteiger partial charge in [-0.15, -0.1) is 0 Å². The van der Waals surface area contributed by atoms with Gasteiger partial charge in [-0.2, -0.15) is 0 Å². The van der Waals surface area contributed by atoms with Crippen LogP contribution >= 0.6 is 11.6 Å². The monoisotopic (exact) mass is 242 g/mol. The molecular weight excluding hydrogens is 236 g/mol. The van der Waals surface area contributed by atoms with Crippen LogP contribution in [-0.2, 0) is 14.4 Å². The molecule has 1 aromatic rings. The van der Waals surface area contributed by atoms with Crippen molar-refractivity contribution < 1.29 is 24.6 Å². The molecule has 1 aromatic carbocycles. The molecular formula is C10H7ClO5. The van der Waals surface area contributed by atoms with Crippen molar-refractivity contribution in [2.45, 2.75) is 5.92 Å². The van der Waals surface area contributed by atoms with Gasteiger partial charge in [0.1, 0.15) is 0 Å². The van der Waals surface area contributed by atoms with Gasteiger partial charge in [0.15, 0.2) is 5.92 Å². The highest BCUT2D eigenvalue weighted by Gasteiger charge is 2.34. The highest BCUT2D eigenvalue weighted by molar-refractivity contribution is 6.40. The average molecular weight is 243 g/mol. The highest BCUT2D eigenvalue weighted by atomic mass is 35.5. The second-order valence-corrected chi connectivity index (χ2v) is 3.37. The molecule has 0 spiro atoms. The summed E-state index contributed by atoms with van der Waals surface area (Å²) in [4.78, 5) is 32.5. The number of benzene rings is 1. The Morgan fingerprint density at radius 1 is 1.12 bits per heavy atom. The van der Waals surface area contributed by atoms with Gasteiger partial charge in [-0.3, -0.25) is 9.59 Å². The molecule has 0 bridgehead atoms. The second-order valence-electron chi connectivity index (χ2n) is 2.96. The highest BCUT2D eigenvalue weighted by Crippen LogP contribution is 2.25. The van der Waals surface area contributed by atoms with Crippen LogP contribution in [0.3, 0.4) is 0 Å². The molecule has 0 radical (unpaired) electrons. The Kier molecular flexibility index (Phi) is 3.63. The summed E-state index contributed by atoms with van der Waals surface area (Å²) in [7, 11) is 0. The van der Waals surface area contributed by atoms with Crippen molar-refractivity contribution in [2.24, 2.45) is 0 Å². The lowest BCUT2D eigenvalue weighted by molar-refractivity contribution is -0.154. The number of rotatable bonds is 4. The van der Waals surface area contributed by atoms with Crippen LogP contribution in [0.15, 0.2) is 24.3 Å². The van der Waals surface area contributed by atoms with Crippen LogP contribution in [0, 0.1) is 0 Å². The van der Waals surface area contributed by atoms with Crippen molar-refractivity contribution in [1.82, 2.24) is 0 Å². The van der Waals surface area contributed by atoms with Gasteiger partial charge < -0.3 is 10.2 Å². The van der Waals surface area contributed by atoms with Crippen LogP contribution in [0.2, 0.25) is 5.02 Å². The largest absolute Gasteiger partial charge is 0.480 e. The number of hydrogen-bond acceptors (Lipinski definition) is 3.